The first-order valence-electron chi connectivity index (χ1n) is 6.79. The lowest BCUT2D eigenvalue weighted by Crippen LogP contribution is -2.31. The molecule has 0 aliphatic rings. The first-order chi connectivity index (χ1) is 11.0. The fourth-order valence-electron chi connectivity index (χ4n) is 2.18. The fraction of sp³-hybridized carbons (Fsp3) is 0.214. The molecule has 0 aliphatic carbocycles. The van der Waals surface area contributed by atoms with Crippen LogP contribution in [0.2, 0.25) is 0 Å². The molecule has 0 radical (unpaired) electrons. The van der Waals surface area contributed by atoms with Crippen molar-refractivity contribution in [3.63, 3.8) is 0 Å². The molecule has 0 fully saturated rings. The number of benzene rings is 1. The molecule has 2 heterocycles. The molecule has 3 rings (SSSR count). The molecule has 0 bridgehead atoms. The number of hydrogen-bond acceptors (Lipinski definition) is 6. The van der Waals surface area contributed by atoms with E-state index >= 15 is 0 Å². The van der Waals surface area contributed by atoms with Crippen LogP contribution in [0.1, 0.15) is 11.1 Å². The van der Waals surface area contributed by atoms with Gasteiger partial charge in [-0.25, -0.2) is 0 Å². The number of aromatic nitrogens is 4. The van der Waals surface area contributed by atoms with E-state index in [9.17, 15) is 14.4 Å². The Balaban J connectivity index is 1.73. The highest BCUT2D eigenvalue weighted by Crippen LogP contribution is 2.14. The predicted molar refractivity (Wildman–Crippen MR) is 85.3 cm³/mol. The van der Waals surface area contributed by atoms with Gasteiger partial charge in [-0.2, -0.15) is 8.75 Å². The van der Waals surface area contributed by atoms with Gasteiger partial charge in [0.2, 0.25) is 5.91 Å². The summed E-state index contributed by atoms with van der Waals surface area (Å²) in [4.78, 5) is 36.5. The summed E-state index contributed by atoms with van der Waals surface area (Å²) >= 11 is 1.14. The van der Waals surface area contributed by atoms with Crippen molar-refractivity contribution in [2.75, 3.05) is 7.05 Å². The molecule has 2 aromatic heterocycles. The molecule has 118 valence electrons. The Labute approximate surface area is 134 Å². The van der Waals surface area contributed by atoms with Gasteiger partial charge in [-0.15, -0.1) is 0 Å². The number of carbonyl (C=O) groups excluding carboxylic acids is 1. The molecular weight excluding hydrogens is 318 g/mol. The number of carbonyl (C=O) groups is 1. The van der Waals surface area contributed by atoms with E-state index in [0.29, 0.717) is 6.54 Å². The van der Waals surface area contributed by atoms with Crippen LogP contribution in [0.25, 0.3) is 11.0 Å². The van der Waals surface area contributed by atoms with Crippen molar-refractivity contribution in [1.29, 1.82) is 0 Å². The molecule has 1 aromatic carbocycles. The van der Waals surface area contributed by atoms with Gasteiger partial charge in [-0.3, -0.25) is 24.6 Å². The molecule has 1 amide bonds. The van der Waals surface area contributed by atoms with Crippen LogP contribution in [0.15, 0.2) is 33.9 Å². The standard InChI is InChI=1S/C14H13N5O3S/c1-19(7-8-2-3-10-11(4-8)18-23-17-10)13(21)6-9-5-12(20)15-16-14(9)22/h2-5H,6-7H2,1H3,(H,15,20)(H,16,22). The van der Waals surface area contributed by atoms with Crippen molar-refractivity contribution in [2.24, 2.45) is 0 Å². The van der Waals surface area contributed by atoms with Gasteiger partial charge >= 0.3 is 0 Å². The smallest absolute Gasteiger partial charge is 0.266 e. The van der Waals surface area contributed by atoms with E-state index in [2.05, 4.69) is 18.9 Å². The third kappa shape index (κ3) is 3.34. The Morgan fingerprint density at radius 2 is 1.96 bits per heavy atom. The SMILES string of the molecule is CN(Cc1ccc2nsnc2c1)C(=O)Cc1cc(=O)[nH][nH]c1=O. The second-order valence-electron chi connectivity index (χ2n) is 5.13. The van der Waals surface area contributed by atoms with Gasteiger partial charge in [0.25, 0.3) is 11.1 Å². The second kappa shape index (κ2) is 6.13. The largest absolute Gasteiger partial charge is 0.341 e. The Morgan fingerprint density at radius 1 is 1.17 bits per heavy atom. The number of nitrogens with zero attached hydrogens (tertiary/aromatic N) is 3. The van der Waals surface area contributed by atoms with Gasteiger partial charge < -0.3 is 4.90 Å². The van der Waals surface area contributed by atoms with Crippen LogP contribution in [0.3, 0.4) is 0 Å². The van der Waals surface area contributed by atoms with Gasteiger partial charge in [-0.1, -0.05) is 6.07 Å². The average molecular weight is 331 g/mol. The molecule has 0 atom stereocenters. The summed E-state index contributed by atoms with van der Waals surface area (Å²) in [6.07, 6.45) is -0.129. The van der Waals surface area contributed by atoms with Gasteiger partial charge in [0, 0.05) is 25.2 Å². The van der Waals surface area contributed by atoms with Crippen LogP contribution in [0.5, 0.6) is 0 Å². The molecule has 8 nitrogen and oxygen atoms in total. The zero-order chi connectivity index (χ0) is 16.4. The van der Waals surface area contributed by atoms with Crippen LogP contribution in [0.4, 0.5) is 0 Å². The number of H-pyrrole nitrogens is 2. The molecular formula is C14H13N5O3S. The molecule has 2 N–H and O–H groups in total. The lowest BCUT2D eigenvalue weighted by Gasteiger charge is -2.17. The highest BCUT2D eigenvalue weighted by molar-refractivity contribution is 7.00. The maximum Gasteiger partial charge on any atom is 0.266 e. The van der Waals surface area contributed by atoms with Gasteiger partial charge in [0.15, 0.2) is 0 Å². The molecule has 3 aromatic rings. The van der Waals surface area contributed by atoms with Gasteiger partial charge in [0.05, 0.1) is 18.1 Å². The minimum absolute atomic E-state index is 0.129. The molecule has 23 heavy (non-hydrogen) atoms. The van der Waals surface area contributed by atoms with Crippen molar-refractivity contribution in [1.82, 2.24) is 23.8 Å². The number of likely N-dealkylation sites (N-methyl/N-ethyl adjacent to an activating group) is 1. The summed E-state index contributed by atoms with van der Waals surface area (Å²) in [5.74, 6) is -0.252. The molecule has 0 aliphatic heterocycles. The lowest BCUT2D eigenvalue weighted by atomic mass is 10.1. The first kappa shape index (κ1) is 15.1. The normalized spacial score (nSPS) is 10.8. The minimum atomic E-state index is -0.471. The zero-order valence-corrected chi connectivity index (χ0v) is 13.0. The summed E-state index contributed by atoms with van der Waals surface area (Å²) in [6.45, 7) is 0.382. The molecule has 0 saturated carbocycles. The van der Waals surface area contributed by atoms with E-state index in [-0.39, 0.29) is 17.9 Å². The average Bonchev–Trinajstić information content (AvgIpc) is 2.98. The van der Waals surface area contributed by atoms with Gasteiger partial charge in [-0.05, 0) is 17.7 Å². The maximum absolute atomic E-state index is 12.2. The Bertz CT molecular complexity index is 974. The van der Waals surface area contributed by atoms with Crippen LogP contribution in [0, 0.1) is 0 Å². The quantitative estimate of drug-likeness (QED) is 0.712. The predicted octanol–water partition coefficient (Wildman–Crippen LogP) is 0.269. The molecule has 0 spiro atoms. The second-order valence-corrected chi connectivity index (χ2v) is 5.66. The van der Waals surface area contributed by atoms with Crippen molar-refractivity contribution in [2.45, 2.75) is 13.0 Å². The Hall–Kier alpha value is -2.81. The summed E-state index contributed by atoms with van der Waals surface area (Å²) in [5, 5.41) is 4.37. The van der Waals surface area contributed by atoms with E-state index in [1.807, 2.05) is 18.2 Å². The van der Waals surface area contributed by atoms with Crippen molar-refractivity contribution in [3.8, 4) is 0 Å². The zero-order valence-electron chi connectivity index (χ0n) is 12.2. The Kier molecular flexibility index (Phi) is 4.02. The van der Waals surface area contributed by atoms with E-state index in [4.69, 9.17) is 0 Å². The first-order valence-corrected chi connectivity index (χ1v) is 7.52. The van der Waals surface area contributed by atoms with Crippen molar-refractivity contribution in [3.05, 3.63) is 56.1 Å². The van der Waals surface area contributed by atoms with E-state index in [1.54, 1.807) is 7.05 Å². The van der Waals surface area contributed by atoms with E-state index in [1.165, 1.54) is 4.90 Å². The van der Waals surface area contributed by atoms with Crippen molar-refractivity contribution < 1.29 is 4.79 Å². The number of hydrogen-bond donors (Lipinski definition) is 2. The monoisotopic (exact) mass is 331 g/mol. The lowest BCUT2D eigenvalue weighted by molar-refractivity contribution is -0.129. The number of fused-ring (bicyclic) bond motifs is 1. The topological polar surface area (TPSA) is 112 Å². The molecule has 0 saturated heterocycles. The number of nitrogens with one attached hydrogen (secondary N) is 2. The molecule has 9 heteroatoms. The van der Waals surface area contributed by atoms with Gasteiger partial charge in [0.1, 0.15) is 11.0 Å². The minimum Gasteiger partial charge on any atom is -0.341 e. The highest BCUT2D eigenvalue weighted by Gasteiger charge is 2.13. The highest BCUT2D eigenvalue weighted by atomic mass is 32.1. The maximum atomic E-state index is 12.2. The summed E-state index contributed by atoms with van der Waals surface area (Å²) in [7, 11) is 1.65. The fourth-order valence-corrected chi connectivity index (χ4v) is 2.69. The van der Waals surface area contributed by atoms with E-state index < -0.39 is 11.1 Å². The molecule has 0 unspecified atom stereocenters. The third-order valence-corrected chi connectivity index (χ3v) is 3.96. The summed E-state index contributed by atoms with van der Waals surface area (Å²) < 4.78 is 8.29. The van der Waals surface area contributed by atoms with Crippen LogP contribution < -0.4 is 11.1 Å². The van der Waals surface area contributed by atoms with Crippen molar-refractivity contribution >= 4 is 28.7 Å². The van der Waals surface area contributed by atoms with Crippen LogP contribution >= 0.6 is 11.7 Å². The number of amides is 1. The number of rotatable bonds is 4. The summed E-state index contributed by atoms with van der Waals surface area (Å²) in [6, 6.07) is 6.75. The Morgan fingerprint density at radius 3 is 2.78 bits per heavy atom. The van der Waals surface area contributed by atoms with Crippen LogP contribution in [-0.4, -0.2) is 36.8 Å². The van der Waals surface area contributed by atoms with E-state index in [0.717, 1.165) is 34.4 Å². The summed E-state index contributed by atoms with van der Waals surface area (Å²) in [5.41, 5.74) is 1.76. The van der Waals surface area contributed by atoms with Crippen LogP contribution in [-0.2, 0) is 17.8 Å². The third-order valence-electron chi connectivity index (χ3n) is 3.40. The number of aromatic amines is 2.